The Hall–Kier alpha value is -6.05. The second-order valence-corrected chi connectivity index (χ2v) is 12.6. The Morgan fingerprint density at radius 3 is 0.619 bits per heavy atom. The van der Waals surface area contributed by atoms with Gasteiger partial charge in [-0.1, -0.05) is 193 Å². The van der Waals surface area contributed by atoms with E-state index in [0.29, 0.717) is 13.2 Å². The Kier molecular flexibility index (Phi) is 30.6. The Bertz CT molecular complexity index is 1910. The average molecular weight is 927 g/mol. The van der Waals surface area contributed by atoms with E-state index in [4.69, 9.17) is 10.2 Å². The van der Waals surface area contributed by atoms with Crippen molar-refractivity contribution >= 4 is 34.1 Å². The van der Waals surface area contributed by atoms with E-state index in [1.54, 1.807) is 109 Å². The zero-order valence-corrected chi connectivity index (χ0v) is 37.8. The van der Waals surface area contributed by atoms with Crippen molar-refractivity contribution in [3.8, 4) is 34.5 Å². The van der Waals surface area contributed by atoms with Gasteiger partial charge in [0.25, 0.3) is 0 Å². The molecule has 2 radical (unpaired) electrons. The van der Waals surface area contributed by atoms with Crippen LogP contribution in [0.1, 0.15) is 32.3 Å². The van der Waals surface area contributed by atoms with Gasteiger partial charge in [-0.15, -0.1) is 0 Å². The Balaban J connectivity index is 0. The summed E-state index contributed by atoms with van der Waals surface area (Å²) in [5, 5.41) is 88.9. The molecule has 12 nitrogen and oxygen atoms in total. The van der Waals surface area contributed by atoms with Crippen LogP contribution >= 0.6 is 0 Å². The van der Waals surface area contributed by atoms with Crippen molar-refractivity contribution in [1.82, 2.24) is 0 Å². The summed E-state index contributed by atoms with van der Waals surface area (Å²) in [6.07, 6.45) is 1.75. The number of hydrogen-bond donors (Lipinski definition) is 2. The number of aliphatic hydroxyl groups is 2. The molecule has 0 aliphatic rings. The normalized spacial score (nSPS) is 9.16. The van der Waals surface area contributed by atoms with Crippen molar-refractivity contribution in [2.75, 3.05) is 23.0 Å². The first-order valence-corrected chi connectivity index (χ1v) is 19.0. The van der Waals surface area contributed by atoms with E-state index in [2.05, 4.69) is 19.1 Å². The fraction of sp³-hybridized carbons (Fsp3) is 0.143. The van der Waals surface area contributed by atoms with Crippen molar-refractivity contribution in [3.05, 3.63) is 181 Å². The molecule has 0 saturated carbocycles. The number of anilines is 6. The molecule has 0 spiro atoms. The summed E-state index contributed by atoms with van der Waals surface area (Å²) in [4.78, 5) is 2.85. The minimum absolute atomic E-state index is 0. The molecule has 0 saturated heterocycles. The van der Waals surface area contributed by atoms with E-state index in [0.717, 1.165) is 12.8 Å². The van der Waals surface area contributed by atoms with Gasteiger partial charge in [-0.05, 0) is 56.2 Å². The van der Waals surface area contributed by atoms with E-state index in [-0.39, 0.29) is 117 Å². The maximum absolute atomic E-state index is 12.2. The molecule has 334 valence electrons. The average Bonchev–Trinajstić information content (AvgIpc) is 3.26. The van der Waals surface area contributed by atoms with Gasteiger partial charge in [0.15, 0.2) is 0 Å². The Morgan fingerprint density at radius 2 is 0.492 bits per heavy atom. The third-order valence-corrected chi connectivity index (χ3v) is 8.02. The minimum atomic E-state index is -0.256. The van der Waals surface area contributed by atoms with Crippen LogP contribution in [-0.4, -0.2) is 23.4 Å². The maximum Gasteiger partial charge on any atom is 0.0428 e. The number of rotatable bonds is 8. The van der Waals surface area contributed by atoms with Gasteiger partial charge in [-0.2, -0.15) is 0 Å². The molecular formula is C49H48N2O10V2-10. The first-order chi connectivity index (χ1) is 28.6. The fourth-order valence-electron chi connectivity index (χ4n) is 5.16. The predicted octanol–water partition coefficient (Wildman–Crippen LogP) is 7.28. The summed E-state index contributed by atoms with van der Waals surface area (Å²) in [6, 6.07) is 48.2. The van der Waals surface area contributed by atoms with Crippen LogP contribution in [0.15, 0.2) is 176 Å². The molecule has 0 aliphatic carbocycles. The number of aryl methyl sites for hydroxylation is 1. The number of aliphatic hydroxyl groups excluding tert-OH is 2. The minimum Gasteiger partial charge on any atom is -2.00 e. The molecule has 0 aromatic heterocycles. The van der Waals surface area contributed by atoms with E-state index >= 15 is 0 Å². The second kappa shape index (κ2) is 32.6. The van der Waals surface area contributed by atoms with Crippen LogP contribution in [0.5, 0.6) is 34.5 Å². The quantitative estimate of drug-likeness (QED) is 0.154. The standard InChI is InChI=1S/2C18H15NO3.C7H8.2C3H8O.2O.2V/c2*20-16-10-4-1-7-13(16)19(14-8-2-5-11-17(14)21)15-9-3-6-12-18(15)22;1-7-5-3-2-4-6-7;2*1-2-3-4;;;;/h2*1-12,20-22H;2-6H,1H3;2*4H,2-3H2,1H3;;;;/q;;;;;2*-2;;/p-6. The number of para-hydroxylation sites is 12. The van der Waals surface area contributed by atoms with Crippen molar-refractivity contribution in [2.45, 2.75) is 33.6 Å². The summed E-state index contributed by atoms with van der Waals surface area (Å²) in [7, 11) is 0. The molecule has 0 unspecified atom stereocenters. The summed E-state index contributed by atoms with van der Waals surface area (Å²) in [6.45, 7) is 6.58. The largest absolute Gasteiger partial charge is 2.00 e. The van der Waals surface area contributed by atoms with E-state index in [1.807, 2.05) is 32.0 Å². The fourth-order valence-corrected chi connectivity index (χ4v) is 5.16. The molecule has 7 aromatic carbocycles. The van der Waals surface area contributed by atoms with Crippen LogP contribution in [0.25, 0.3) is 0 Å². The van der Waals surface area contributed by atoms with Gasteiger partial charge in [-0.25, -0.2) is 0 Å². The van der Waals surface area contributed by atoms with Crippen LogP contribution in [-0.2, 0) is 48.1 Å². The molecule has 0 bridgehead atoms. The van der Waals surface area contributed by atoms with Gasteiger partial charge in [-0.3, -0.25) is 0 Å². The van der Waals surface area contributed by atoms with Crippen molar-refractivity contribution in [2.24, 2.45) is 0 Å². The van der Waals surface area contributed by atoms with E-state index in [1.165, 1.54) is 51.8 Å². The molecule has 2 N–H and O–H groups in total. The molecule has 0 aliphatic heterocycles. The third-order valence-electron chi connectivity index (χ3n) is 8.02. The topological polar surface area (TPSA) is 242 Å². The van der Waals surface area contributed by atoms with Crippen molar-refractivity contribution < 1.29 is 88.9 Å². The Morgan fingerprint density at radius 1 is 0.333 bits per heavy atom. The molecule has 0 atom stereocenters. The summed E-state index contributed by atoms with van der Waals surface area (Å²) >= 11 is 0. The van der Waals surface area contributed by atoms with Gasteiger partial charge in [0.1, 0.15) is 0 Å². The van der Waals surface area contributed by atoms with Gasteiger partial charge >= 0.3 is 0 Å². The van der Waals surface area contributed by atoms with Gasteiger partial charge < -0.3 is 61.6 Å². The van der Waals surface area contributed by atoms with Gasteiger partial charge in [0, 0.05) is 84.4 Å². The Labute approximate surface area is 393 Å². The van der Waals surface area contributed by atoms with E-state index in [9.17, 15) is 30.6 Å². The van der Waals surface area contributed by atoms with Crippen LogP contribution in [0, 0.1) is 6.92 Å². The van der Waals surface area contributed by atoms with E-state index < -0.39 is 0 Å². The maximum atomic E-state index is 12.2. The molecule has 0 heterocycles. The van der Waals surface area contributed by atoms with Crippen LogP contribution in [0.3, 0.4) is 0 Å². The second-order valence-electron chi connectivity index (χ2n) is 12.6. The molecular weight excluding hydrogens is 878 g/mol. The van der Waals surface area contributed by atoms with Crippen molar-refractivity contribution in [1.29, 1.82) is 0 Å². The number of benzene rings is 7. The number of nitrogens with zero attached hydrogens (tertiary/aromatic N) is 2. The monoisotopic (exact) mass is 926 g/mol. The summed E-state index contributed by atoms with van der Waals surface area (Å²) in [5.74, 6) is -1.53. The SMILES string of the molecule is CCCO.CCCO.Cc1ccccc1.[O-2].[O-2].[O-]c1ccccc1N(c1ccccc1[O-])c1ccccc1[O-].[O-]c1ccccc1N(c1ccccc1[O-])c1ccccc1[O-].[V].[V]. The molecule has 63 heavy (non-hydrogen) atoms. The smallest absolute Gasteiger partial charge is 0.0428 e. The zero-order valence-electron chi connectivity index (χ0n) is 35.0. The van der Waals surface area contributed by atoms with Crippen LogP contribution in [0.4, 0.5) is 34.1 Å². The number of hydrogen-bond acceptors (Lipinski definition) is 10. The summed E-state index contributed by atoms with van der Waals surface area (Å²) in [5.41, 5.74) is 2.96. The predicted molar refractivity (Wildman–Crippen MR) is 226 cm³/mol. The first kappa shape index (κ1) is 59.0. The third kappa shape index (κ3) is 18.4. The molecule has 0 fully saturated rings. The zero-order chi connectivity index (χ0) is 43.0. The van der Waals surface area contributed by atoms with Crippen molar-refractivity contribution in [3.63, 3.8) is 0 Å². The van der Waals surface area contributed by atoms with Gasteiger partial charge in [0.05, 0.1) is 0 Å². The molecule has 7 rings (SSSR count). The summed E-state index contributed by atoms with van der Waals surface area (Å²) < 4.78 is 0. The first-order valence-electron chi connectivity index (χ1n) is 19.0. The molecule has 14 heteroatoms. The van der Waals surface area contributed by atoms with Crippen LogP contribution in [0.2, 0.25) is 0 Å². The van der Waals surface area contributed by atoms with Gasteiger partial charge in [0.2, 0.25) is 0 Å². The molecule has 0 amide bonds. The van der Waals surface area contributed by atoms with Crippen LogP contribution < -0.4 is 40.4 Å². The molecule has 7 aromatic rings.